The minimum atomic E-state index is -3.88. The molecule has 2 aromatic heterocycles. The van der Waals surface area contributed by atoms with Crippen molar-refractivity contribution in [3.8, 4) is 0 Å². The number of nitrogens with zero attached hydrogens (tertiary/aromatic N) is 4. The lowest BCUT2D eigenvalue weighted by molar-refractivity contribution is 0.602. The zero-order valence-corrected chi connectivity index (χ0v) is 18.5. The summed E-state index contributed by atoms with van der Waals surface area (Å²) in [5.74, 6) is 0. The number of benzene rings is 2. The van der Waals surface area contributed by atoms with Crippen molar-refractivity contribution in [3.05, 3.63) is 63.4 Å². The van der Waals surface area contributed by atoms with Gasteiger partial charge in [-0.2, -0.15) is 13.8 Å². The van der Waals surface area contributed by atoms with E-state index >= 15 is 0 Å². The minimum Gasteiger partial charge on any atom is -0.276 e. The van der Waals surface area contributed by atoms with Crippen LogP contribution in [0, 0.1) is 13.8 Å². The first-order valence-corrected chi connectivity index (χ1v) is 11.5. The fourth-order valence-corrected chi connectivity index (χ4v) is 5.48. The molecule has 2 aromatic carbocycles. The molecule has 4 aromatic rings. The van der Waals surface area contributed by atoms with Gasteiger partial charge in [-0.3, -0.25) is 9.40 Å². The SMILES string of the molecule is Cc1nn(Cc2c(Cl)cccc2Cl)c(C)c1NS(=O)(=O)c1cccc2nsnc12. The molecule has 11 heteroatoms. The summed E-state index contributed by atoms with van der Waals surface area (Å²) in [5.41, 5.74) is 3.19. The fraction of sp³-hybridized carbons (Fsp3) is 0.167. The molecule has 7 nitrogen and oxygen atoms in total. The molecule has 0 amide bonds. The Bertz CT molecular complexity index is 1310. The van der Waals surface area contributed by atoms with Gasteiger partial charge in [-0.15, -0.1) is 0 Å². The summed E-state index contributed by atoms with van der Waals surface area (Å²) in [6.07, 6.45) is 0. The molecule has 1 N–H and O–H groups in total. The second-order valence-electron chi connectivity index (χ2n) is 6.40. The lowest BCUT2D eigenvalue weighted by Crippen LogP contribution is -2.15. The molecule has 150 valence electrons. The lowest BCUT2D eigenvalue weighted by atomic mass is 10.2. The van der Waals surface area contributed by atoms with Crippen molar-refractivity contribution < 1.29 is 8.42 Å². The zero-order chi connectivity index (χ0) is 20.8. The lowest BCUT2D eigenvalue weighted by Gasteiger charge is -2.11. The quantitative estimate of drug-likeness (QED) is 0.460. The molecular formula is C18H15Cl2N5O2S2. The van der Waals surface area contributed by atoms with Gasteiger partial charge in [0.15, 0.2) is 0 Å². The Morgan fingerprint density at radius 2 is 1.76 bits per heavy atom. The molecule has 0 bridgehead atoms. The monoisotopic (exact) mass is 467 g/mol. The number of fused-ring (bicyclic) bond motifs is 1. The summed E-state index contributed by atoms with van der Waals surface area (Å²) < 4.78 is 38.6. The Balaban J connectivity index is 1.71. The molecule has 0 spiro atoms. The van der Waals surface area contributed by atoms with Crippen LogP contribution in [0.4, 0.5) is 5.69 Å². The van der Waals surface area contributed by atoms with E-state index in [1.807, 2.05) is 0 Å². The van der Waals surface area contributed by atoms with Gasteiger partial charge in [0.2, 0.25) is 0 Å². The van der Waals surface area contributed by atoms with Crippen LogP contribution in [0.1, 0.15) is 17.0 Å². The molecule has 29 heavy (non-hydrogen) atoms. The highest BCUT2D eigenvalue weighted by Crippen LogP contribution is 2.29. The molecule has 2 heterocycles. The van der Waals surface area contributed by atoms with Crippen LogP contribution in [-0.2, 0) is 16.6 Å². The average Bonchev–Trinajstić information content (AvgIpc) is 3.24. The zero-order valence-electron chi connectivity index (χ0n) is 15.3. The van der Waals surface area contributed by atoms with E-state index in [0.717, 1.165) is 11.7 Å². The largest absolute Gasteiger partial charge is 0.276 e. The highest BCUT2D eigenvalue weighted by Gasteiger charge is 2.23. The number of aromatic nitrogens is 4. The van der Waals surface area contributed by atoms with Gasteiger partial charge in [-0.1, -0.05) is 35.3 Å². The maximum Gasteiger partial charge on any atom is 0.264 e. The Hall–Kier alpha value is -2.20. The van der Waals surface area contributed by atoms with Gasteiger partial charge in [-0.25, -0.2) is 8.42 Å². The average molecular weight is 468 g/mol. The van der Waals surface area contributed by atoms with Crippen LogP contribution in [-0.4, -0.2) is 26.9 Å². The van der Waals surface area contributed by atoms with E-state index in [0.29, 0.717) is 50.3 Å². The van der Waals surface area contributed by atoms with Crippen LogP contribution in [0.2, 0.25) is 10.0 Å². The summed E-state index contributed by atoms with van der Waals surface area (Å²) in [4.78, 5) is 0.0736. The number of anilines is 1. The number of aryl methyl sites for hydroxylation is 1. The van der Waals surface area contributed by atoms with Crippen molar-refractivity contribution in [1.82, 2.24) is 18.5 Å². The molecule has 0 aliphatic heterocycles. The predicted octanol–water partition coefficient (Wildman–Crippen LogP) is 4.66. The third kappa shape index (κ3) is 3.71. The summed E-state index contributed by atoms with van der Waals surface area (Å²) in [7, 11) is -3.88. The maximum atomic E-state index is 13.0. The molecule has 0 unspecified atom stereocenters. The Kier molecular flexibility index (Phi) is 5.24. The summed E-state index contributed by atoms with van der Waals surface area (Å²) >= 11 is 13.5. The maximum absolute atomic E-state index is 13.0. The van der Waals surface area contributed by atoms with Gasteiger partial charge in [-0.05, 0) is 38.1 Å². The van der Waals surface area contributed by atoms with Gasteiger partial charge in [0.25, 0.3) is 10.0 Å². The van der Waals surface area contributed by atoms with Crippen LogP contribution < -0.4 is 4.72 Å². The number of halogens is 2. The van der Waals surface area contributed by atoms with E-state index in [9.17, 15) is 8.42 Å². The highest BCUT2D eigenvalue weighted by atomic mass is 35.5. The van der Waals surface area contributed by atoms with Gasteiger partial charge in [0.05, 0.1) is 35.3 Å². The molecule has 0 fully saturated rings. The van der Waals surface area contributed by atoms with Crippen molar-refractivity contribution in [2.75, 3.05) is 4.72 Å². The first-order valence-electron chi connectivity index (χ1n) is 8.49. The predicted molar refractivity (Wildman–Crippen MR) is 115 cm³/mol. The Labute approximate surface area is 181 Å². The molecule has 0 aliphatic carbocycles. The molecule has 4 rings (SSSR count). The van der Waals surface area contributed by atoms with Crippen LogP contribution in [0.5, 0.6) is 0 Å². The number of nitrogens with one attached hydrogen (secondary N) is 1. The van der Waals surface area contributed by atoms with Crippen molar-refractivity contribution in [3.63, 3.8) is 0 Å². The van der Waals surface area contributed by atoms with Crippen molar-refractivity contribution in [2.24, 2.45) is 0 Å². The molecule has 0 saturated heterocycles. The Morgan fingerprint density at radius 1 is 1.07 bits per heavy atom. The molecular weight excluding hydrogens is 453 g/mol. The van der Waals surface area contributed by atoms with E-state index in [4.69, 9.17) is 23.2 Å². The van der Waals surface area contributed by atoms with Gasteiger partial charge >= 0.3 is 0 Å². The number of sulfonamides is 1. The normalized spacial score (nSPS) is 11.9. The van der Waals surface area contributed by atoms with Crippen molar-refractivity contribution >= 4 is 61.7 Å². The molecule has 0 saturated carbocycles. The topological polar surface area (TPSA) is 89.8 Å². The van der Waals surface area contributed by atoms with Gasteiger partial charge in [0.1, 0.15) is 15.9 Å². The molecule has 0 radical (unpaired) electrons. The van der Waals surface area contributed by atoms with Crippen LogP contribution in [0.25, 0.3) is 11.0 Å². The summed E-state index contributed by atoms with van der Waals surface area (Å²) in [6.45, 7) is 3.84. The number of rotatable bonds is 5. The third-order valence-electron chi connectivity index (χ3n) is 4.53. The van der Waals surface area contributed by atoms with Crippen LogP contribution >= 0.6 is 34.9 Å². The van der Waals surface area contributed by atoms with Crippen LogP contribution in [0.3, 0.4) is 0 Å². The van der Waals surface area contributed by atoms with E-state index in [1.165, 1.54) is 6.07 Å². The minimum absolute atomic E-state index is 0.0736. The van der Waals surface area contributed by atoms with Gasteiger partial charge in [0, 0.05) is 15.6 Å². The summed E-state index contributed by atoms with van der Waals surface area (Å²) in [5, 5.41) is 5.51. The van der Waals surface area contributed by atoms with E-state index < -0.39 is 10.0 Å². The molecule has 0 atom stereocenters. The van der Waals surface area contributed by atoms with E-state index in [2.05, 4.69) is 18.6 Å². The first-order chi connectivity index (χ1) is 13.8. The summed E-state index contributed by atoms with van der Waals surface area (Å²) in [6, 6.07) is 10.1. The second-order valence-corrected chi connectivity index (χ2v) is 9.39. The number of hydrogen-bond acceptors (Lipinski definition) is 6. The fourth-order valence-electron chi connectivity index (χ4n) is 3.02. The van der Waals surface area contributed by atoms with E-state index in [-0.39, 0.29) is 4.90 Å². The molecule has 0 aliphatic rings. The van der Waals surface area contributed by atoms with Gasteiger partial charge < -0.3 is 0 Å². The van der Waals surface area contributed by atoms with Crippen LogP contribution in [0.15, 0.2) is 41.3 Å². The van der Waals surface area contributed by atoms with E-state index in [1.54, 1.807) is 48.9 Å². The van der Waals surface area contributed by atoms with Crippen molar-refractivity contribution in [1.29, 1.82) is 0 Å². The smallest absolute Gasteiger partial charge is 0.264 e. The highest BCUT2D eigenvalue weighted by molar-refractivity contribution is 7.93. The van der Waals surface area contributed by atoms with Crippen molar-refractivity contribution in [2.45, 2.75) is 25.3 Å². The standard InChI is InChI=1S/C18H15Cl2N5O2S2/c1-10-17(11(2)25(21-10)9-12-13(19)5-3-6-14(12)20)24-29(26,27)16-8-4-7-15-18(16)23-28-22-15/h3-8,24H,9H2,1-2H3. The Morgan fingerprint density at radius 3 is 2.48 bits per heavy atom. The first kappa shape index (κ1) is 20.1. The second kappa shape index (κ2) is 7.56. The number of hydrogen-bond donors (Lipinski definition) is 1. The third-order valence-corrected chi connectivity index (χ3v) is 7.16.